The lowest BCUT2D eigenvalue weighted by atomic mass is 10.3. The molecule has 0 aliphatic rings. The molecule has 2 amide bonds. The Morgan fingerprint density at radius 1 is 1.46 bits per heavy atom. The van der Waals surface area contributed by atoms with Gasteiger partial charge in [-0.2, -0.15) is 0 Å². The van der Waals surface area contributed by atoms with Gasteiger partial charge in [0.2, 0.25) is 0 Å². The van der Waals surface area contributed by atoms with Crippen LogP contribution in [0.4, 0.5) is 4.79 Å². The minimum atomic E-state index is 0.0343. The number of urea groups is 1. The van der Waals surface area contributed by atoms with Crippen molar-refractivity contribution in [3.8, 4) is 0 Å². The van der Waals surface area contributed by atoms with Crippen molar-refractivity contribution in [2.24, 2.45) is 0 Å². The van der Waals surface area contributed by atoms with Gasteiger partial charge in [-0.15, -0.1) is 0 Å². The topological polar surface area (TPSA) is 32.8 Å². The zero-order chi connectivity index (χ0) is 10.4. The van der Waals surface area contributed by atoms with Crippen LogP contribution in [0.2, 0.25) is 0 Å². The van der Waals surface area contributed by atoms with Crippen molar-refractivity contribution in [1.29, 1.82) is 0 Å². The molecule has 0 N–H and O–H groups in total. The van der Waals surface area contributed by atoms with Crippen LogP contribution in [0.15, 0.2) is 0 Å². The summed E-state index contributed by atoms with van der Waals surface area (Å²) in [6.45, 7) is 5.21. The molecule has 78 valence electrons. The second kappa shape index (κ2) is 5.80. The van der Waals surface area contributed by atoms with E-state index >= 15 is 0 Å². The smallest absolute Gasteiger partial charge is 0.319 e. The van der Waals surface area contributed by atoms with Crippen molar-refractivity contribution in [3.63, 3.8) is 0 Å². The van der Waals surface area contributed by atoms with E-state index in [0.29, 0.717) is 6.61 Å². The van der Waals surface area contributed by atoms with Gasteiger partial charge in [0.25, 0.3) is 0 Å². The van der Waals surface area contributed by atoms with Gasteiger partial charge >= 0.3 is 6.03 Å². The molecule has 0 heterocycles. The molecule has 0 aromatic carbocycles. The third kappa shape index (κ3) is 3.63. The maximum Gasteiger partial charge on any atom is 0.319 e. The molecule has 0 spiro atoms. The first-order valence-corrected chi connectivity index (χ1v) is 4.51. The third-order valence-electron chi connectivity index (χ3n) is 2.17. The van der Waals surface area contributed by atoms with Gasteiger partial charge in [0.1, 0.15) is 0 Å². The molecule has 0 aliphatic heterocycles. The number of hydrogen-bond donors (Lipinski definition) is 0. The van der Waals surface area contributed by atoms with Crippen molar-refractivity contribution in [2.75, 3.05) is 34.4 Å². The van der Waals surface area contributed by atoms with Crippen LogP contribution in [0.3, 0.4) is 0 Å². The van der Waals surface area contributed by atoms with E-state index in [1.807, 2.05) is 13.8 Å². The molecule has 0 radical (unpaired) electrons. The van der Waals surface area contributed by atoms with Crippen LogP contribution >= 0.6 is 0 Å². The van der Waals surface area contributed by atoms with Crippen LogP contribution in [-0.4, -0.2) is 56.2 Å². The van der Waals surface area contributed by atoms with E-state index < -0.39 is 0 Å². The zero-order valence-corrected chi connectivity index (χ0v) is 9.20. The maximum absolute atomic E-state index is 11.6. The standard InChI is InChI=1S/C9H20N2O2/c1-6-10(3)9(12)11(4)8(2)7-13-5/h8H,6-7H2,1-5H3. The first-order valence-electron chi connectivity index (χ1n) is 4.51. The average Bonchev–Trinajstić information content (AvgIpc) is 2.14. The zero-order valence-electron chi connectivity index (χ0n) is 9.20. The molecule has 0 aromatic rings. The fraction of sp³-hybridized carbons (Fsp3) is 0.889. The molecule has 0 rings (SSSR count). The molecule has 0 bridgehead atoms. The Morgan fingerprint density at radius 3 is 2.38 bits per heavy atom. The predicted molar refractivity (Wildman–Crippen MR) is 52.8 cm³/mol. The van der Waals surface area contributed by atoms with Gasteiger partial charge in [-0.1, -0.05) is 0 Å². The van der Waals surface area contributed by atoms with E-state index in [1.54, 1.807) is 31.0 Å². The van der Waals surface area contributed by atoms with Crippen molar-refractivity contribution >= 4 is 6.03 Å². The SMILES string of the molecule is CCN(C)C(=O)N(C)C(C)COC. The van der Waals surface area contributed by atoms with Crippen molar-refractivity contribution < 1.29 is 9.53 Å². The molecule has 0 saturated carbocycles. The van der Waals surface area contributed by atoms with Gasteiger partial charge in [0.15, 0.2) is 0 Å². The van der Waals surface area contributed by atoms with Gasteiger partial charge in [-0.25, -0.2) is 4.79 Å². The van der Waals surface area contributed by atoms with E-state index in [0.717, 1.165) is 6.54 Å². The lowest BCUT2D eigenvalue weighted by Gasteiger charge is -2.28. The molecule has 1 atom stereocenters. The van der Waals surface area contributed by atoms with Crippen LogP contribution in [-0.2, 0) is 4.74 Å². The van der Waals surface area contributed by atoms with Gasteiger partial charge in [0, 0.05) is 27.7 Å². The summed E-state index contributed by atoms with van der Waals surface area (Å²) in [5.41, 5.74) is 0. The van der Waals surface area contributed by atoms with E-state index in [4.69, 9.17) is 4.74 Å². The van der Waals surface area contributed by atoms with Gasteiger partial charge in [0.05, 0.1) is 12.6 Å². The Morgan fingerprint density at radius 2 is 2.00 bits per heavy atom. The number of ether oxygens (including phenoxy) is 1. The van der Waals surface area contributed by atoms with Crippen molar-refractivity contribution in [2.45, 2.75) is 19.9 Å². The summed E-state index contributed by atoms with van der Waals surface area (Å²) in [5, 5.41) is 0. The summed E-state index contributed by atoms with van der Waals surface area (Å²) in [4.78, 5) is 14.9. The highest BCUT2D eigenvalue weighted by molar-refractivity contribution is 5.74. The fourth-order valence-corrected chi connectivity index (χ4v) is 0.946. The van der Waals surface area contributed by atoms with Crippen LogP contribution in [0.25, 0.3) is 0 Å². The summed E-state index contributed by atoms with van der Waals surface area (Å²) >= 11 is 0. The fourth-order valence-electron chi connectivity index (χ4n) is 0.946. The first-order chi connectivity index (χ1) is 6.04. The van der Waals surface area contributed by atoms with Crippen LogP contribution in [0, 0.1) is 0 Å². The second-order valence-electron chi connectivity index (χ2n) is 3.21. The normalized spacial score (nSPS) is 12.4. The average molecular weight is 188 g/mol. The Labute approximate surface area is 80.5 Å². The molecule has 0 saturated heterocycles. The van der Waals surface area contributed by atoms with E-state index in [9.17, 15) is 4.79 Å². The highest BCUT2D eigenvalue weighted by Gasteiger charge is 2.17. The van der Waals surface area contributed by atoms with E-state index in [2.05, 4.69) is 0 Å². The Balaban J connectivity index is 4.08. The number of likely N-dealkylation sites (N-methyl/N-ethyl adjacent to an activating group) is 1. The number of carbonyl (C=O) groups excluding carboxylic acids is 1. The van der Waals surface area contributed by atoms with Crippen LogP contribution in [0.1, 0.15) is 13.8 Å². The van der Waals surface area contributed by atoms with Crippen LogP contribution < -0.4 is 0 Å². The van der Waals surface area contributed by atoms with Gasteiger partial charge < -0.3 is 14.5 Å². The van der Waals surface area contributed by atoms with E-state index in [1.165, 1.54) is 0 Å². The monoisotopic (exact) mass is 188 g/mol. The largest absolute Gasteiger partial charge is 0.383 e. The molecule has 4 heteroatoms. The molecule has 1 unspecified atom stereocenters. The number of hydrogen-bond acceptors (Lipinski definition) is 2. The molecular weight excluding hydrogens is 168 g/mol. The Bertz CT molecular complexity index is 162. The van der Waals surface area contributed by atoms with Crippen molar-refractivity contribution in [1.82, 2.24) is 9.80 Å². The molecule has 13 heavy (non-hydrogen) atoms. The summed E-state index contributed by atoms with van der Waals surface area (Å²) in [7, 11) is 5.22. The summed E-state index contributed by atoms with van der Waals surface area (Å²) < 4.78 is 4.98. The number of methoxy groups -OCH3 is 1. The van der Waals surface area contributed by atoms with Crippen LogP contribution in [0.5, 0.6) is 0 Å². The lowest BCUT2D eigenvalue weighted by Crippen LogP contribution is -2.44. The summed E-state index contributed by atoms with van der Waals surface area (Å²) in [6.07, 6.45) is 0. The Hall–Kier alpha value is -0.770. The first kappa shape index (κ1) is 12.2. The number of amides is 2. The third-order valence-corrected chi connectivity index (χ3v) is 2.17. The summed E-state index contributed by atoms with van der Waals surface area (Å²) in [6, 6.07) is 0.151. The second-order valence-corrected chi connectivity index (χ2v) is 3.21. The maximum atomic E-state index is 11.6. The molecular formula is C9H20N2O2. The highest BCUT2D eigenvalue weighted by Crippen LogP contribution is 2.00. The Kier molecular flexibility index (Phi) is 5.46. The minimum absolute atomic E-state index is 0.0343. The summed E-state index contributed by atoms with van der Waals surface area (Å²) in [5.74, 6) is 0. The molecule has 0 aromatic heterocycles. The van der Waals surface area contributed by atoms with Crippen molar-refractivity contribution in [3.05, 3.63) is 0 Å². The predicted octanol–water partition coefficient (Wildman–Crippen LogP) is 1.02. The number of rotatable bonds is 4. The minimum Gasteiger partial charge on any atom is -0.383 e. The molecule has 0 aliphatic carbocycles. The highest BCUT2D eigenvalue weighted by atomic mass is 16.5. The van der Waals surface area contributed by atoms with Gasteiger partial charge in [-0.3, -0.25) is 0 Å². The number of nitrogens with zero attached hydrogens (tertiary/aromatic N) is 2. The lowest BCUT2D eigenvalue weighted by molar-refractivity contribution is 0.110. The molecule has 4 nitrogen and oxygen atoms in total. The quantitative estimate of drug-likeness (QED) is 0.660. The van der Waals surface area contributed by atoms with Gasteiger partial charge in [-0.05, 0) is 13.8 Å². The number of carbonyl (C=O) groups is 1. The molecule has 0 fully saturated rings. The van der Waals surface area contributed by atoms with E-state index in [-0.39, 0.29) is 12.1 Å².